The average Bonchev–Trinajstić information content (AvgIpc) is 2.43. The van der Waals surface area contributed by atoms with Crippen molar-refractivity contribution < 1.29 is 0 Å². The van der Waals surface area contributed by atoms with Crippen LogP contribution >= 0.6 is 0 Å². The molecule has 1 aromatic carbocycles. The lowest BCUT2D eigenvalue weighted by molar-refractivity contribution is 0.232. The minimum Gasteiger partial charge on any atom is -0.312 e. The average molecular weight is 290 g/mol. The normalized spacial score (nSPS) is 13.4. The van der Waals surface area contributed by atoms with Crippen LogP contribution in [0, 0.1) is 11.8 Å². The molecule has 2 nitrogen and oxygen atoms in total. The van der Waals surface area contributed by atoms with E-state index in [-0.39, 0.29) is 0 Å². The van der Waals surface area contributed by atoms with Crippen molar-refractivity contribution in [1.29, 1.82) is 0 Å². The van der Waals surface area contributed by atoms with Crippen molar-refractivity contribution in [2.24, 2.45) is 11.8 Å². The molecule has 0 saturated carbocycles. The molecule has 0 aromatic heterocycles. The molecule has 120 valence electrons. The molecule has 1 N–H and O–H groups in total. The number of likely N-dealkylation sites (N-methyl/N-ethyl adjacent to an activating group) is 2. The number of nitrogens with one attached hydrogen (secondary N) is 1. The van der Waals surface area contributed by atoms with E-state index in [1.54, 1.807) is 0 Å². The minimum atomic E-state index is 0.414. The van der Waals surface area contributed by atoms with E-state index in [1.165, 1.54) is 24.1 Å². The van der Waals surface area contributed by atoms with E-state index in [9.17, 15) is 0 Å². The summed E-state index contributed by atoms with van der Waals surface area (Å²) in [4.78, 5) is 2.54. The molecule has 0 aliphatic heterocycles. The summed E-state index contributed by atoms with van der Waals surface area (Å²) in [6, 6.07) is 9.58. The number of rotatable bonds is 9. The Balaban J connectivity index is 2.70. The molecule has 0 spiro atoms. The van der Waals surface area contributed by atoms with Gasteiger partial charge in [0.1, 0.15) is 0 Å². The third-order valence-electron chi connectivity index (χ3n) is 3.89. The van der Waals surface area contributed by atoms with Gasteiger partial charge >= 0.3 is 0 Å². The zero-order chi connectivity index (χ0) is 15.8. The third kappa shape index (κ3) is 6.62. The number of benzene rings is 1. The van der Waals surface area contributed by atoms with Gasteiger partial charge in [0.25, 0.3) is 0 Å². The Morgan fingerprint density at radius 1 is 0.952 bits per heavy atom. The Hall–Kier alpha value is -0.860. The van der Waals surface area contributed by atoms with Gasteiger partial charge in [-0.2, -0.15) is 0 Å². The van der Waals surface area contributed by atoms with Gasteiger partial charge in [-0.1, -0.05) is 58.9 Å². The van der Waals surface area contributed by atoms with E-state index in [0.717, 1.165) is 24.9 Å². The fourth-order valence-corrected chi connectivity index (χ4v) is 2.83. The van der Waals surface area contributed by atoms with Crippen molar-refractivity contribution in [2.75, 3.05) is 26.7 Å². The van der Waals surface area contributed by atoms with Crippen LogP contribution in [0.5, 0.6) is 0 Å². The standard InChI is InChI=1S/C19H34N2/c1-7-21(13-16(4)5)14-19(20-6)18-10-8-17(9-11-18)12-15(2)3/h8-11,15-16,19-20H,7,12-14H2,1-6H3. The van der Waals surface area contributed by atoms with E-state index in [0.29, 0.717) is 6.04 Å². The van der Waals surface area contributed by atoms with Gasteiger partial charge in [0.2, 0.25) is 0 Å². The summed E-state index contributed by atoms with van der Waals surface area (Å²) in [5.74, 6) is 1.44. The van der Waals surface area contributed by atoms with Gasteiger partial charge in [0.05, 0.1) is 0 Å². The maximum atomic E-state index is 3.47. The van der Waals surface area contributed by atoms with Crippen LogP contribution in [0.4, 0.5) is 0 Å². The van der Waals surface area contributed by atoms with Crippen LogP contribution < -0.4 is 5.32 Å². The molecule has 21 heavy (non-hydrogen) atoms. The van der Waals surface area contributed by atoms with Crippen molar-refractivity contribution in [3.05, 3.63) is 35.4 Å². The van der Waals surface area contributed by atoms with Gasteiger partial charge in [0, 0.05) is 19.1 Å². The molecule has 0 heterocycles. The highest BCUT2D eigenvalue weighted by Gasteiger charge is 2.14. The van der Waals surface area contributed by atoms with Crippen molar-refractivity contribution in [3.8, 4) is 0 Å². The molecule has 0 saturated heterocycles. The molecule has 0 aliphatic carbocycles. The molecule has 1 atom stereocenters. The Morgan fingerprint density at radius 3 is 2.00 bits per heavy atom. The Kier molecular flexibility index (Phi) is 7.98. The fraction of sp³-hybridized carbons (Fsp3) is 0.684. The Morgan fingerprint density at radius 2 is 1.57 bits per heavy atom. The lowest BCUT2D eigenvalue weighted by atomic mass is 9.99. The monoisotopic (exact) mass is 290 g/mol. The first-order valence-corrected chi connectivity index (χ1v) is 8.44. The second-order valence-electron chi connectivity index (χ2n) is 6.93. The molecule has 0 bridgehead atoms. The van der Waals surface area contributed by atoms with Crippen molar-refractivity contribution in [3.63, 3.8) is 0 Å². The predicted octanol–water partition coefficient (Wildman–Crippen LogP) is 4.12. The van der Waals surface area contributed by atoms with E-state index < -0.39 is 0 Å². The van der Waals surface area contributed by atoms with E-state index in [1.807, 2.05) is 0 Å². The van der Waals surface area contributed by atoms with Crippen LogP contribution in [0.3, 0.4) is 0 Å². The highest BCUT2D eigenvalue weighted by atomic mass is 15.1. The molecule has 1 rings (SSSR count). The van der Waals surface area contributed by atoms with Gasteiger partial charge in [-0.15, -0.1) is 0 Å². The van der Waals surface area contributed by atoms with Crippen LogP contribution in [0.15, 0.2) is 24.3 Å². The minimum absolute atomic E-state index is 0.414. The van der Waals surface area contributed by atoms with Crippen molar-refractivity contribution in [2.45, 2.75) is 47.1 Å². The maximum absolute atomic E-state index is 3.47. The third-order valence-corrected chi connectivity index (χ3v) is 3.89. The highest BCUT2D eigenvalue weighted by Crippen LogP contribution is 2.17. The summed E-state index contributed by atoms with van der Waals surface area (Å²) in [5.41, 5.74) is 2.84. The largest absolute Gasteiger partial charge is 0.312 e. The molecule has 1 unspecified atom stereocenters. The first kappa shape index (κ1) is 18.2. The first-order valence-electron chi connectivity index (χ1n) is 8.44. The topological polar surface area (TPSA) is 15.3 Å². The van der Waals surface area contributed by atoms with Crippen LogP contribution in [-0.2, 0) is 6.42 Å². The predicted molar refractivity (Wildman–Crippen MR) is 93.7 cm³/mol. The van der Waals surface area contributed by atoms with Crippen LogP contribution in [0.2, 0.25) is 0 Å². The first-order chi connectivity index (χ1) is 9.96. The smallest absolute Gasteiger partial charge is 0.0446 e. The SMILES string of the molecule is CCN(CC(C)C)CC(NC)c1ccc(CC(C)C)cc1. The highest BCUT2D eigenvalue weighted by molar-refractivity contribution is 5.25. The molecule has 0 fully saturated rings. The quantitative estimate of drug-likeness (QED) is 0.736. The van der Waals surface area contributed by atoms with Gasteiger partial charge < -0.3 is 10.2 Å². The molecule has 0 radical (unpaired) electrons. The summed E-state index contributed by atoms with van der Waals surface area (Å²) < 4.78 is 0. The van der Waals surface area contributed by atoms with Crippen LogP contribution in [0.1, 0.15) is 51.8 Å². The van der Waals surface area contributed by atoms with Crippen molar-refractivity contribution in [1.82, 2.24) is 10.2 Å². The van der Waals surface area contributed by atoms with Gasteiger partial charge in [-0.25, -0.2) is 0 Å². The molecule has 0 amide bonds. The van der Waals surface area contributed by atoms with E-state index in [4.69, 9.17) is 0 Å². The lowest BCUT2D eigenvalue weighted by Gasteiger charge is -2.28. The molecule has 0 aliphatic rings. The summed E-state index contributed by atoms with van der Waals surface area (Å²) in [6.07, 6.45) is 1.17. The van der Waals surface area contributed by atoms with Gasteiger partial charge in [-0.3, -0.25) is 0 Å². The molecular weight excluding hydrogens is 256 g/mol. The second kappa shape index (κ2) is 9.22. The number of hydrogen-bond donors (Lipinski definition) is 1. The lowest BCUT2D eigenvalue weighted by Crippen LogP contribution is -2.36. The summed E-state index contributed by atoms with van der Waals surface area (Å²) in [7, 11) is 2.07. The van der Waals surface area contributed by atoms with Crippen LogP contribution in [0.25, 0.3) is 0 Å². The van der Waals surface area contributed by atoms with Gasteiger partial charge in [0.15, 0.2) is 0 Å². The van der Waals surface area contributed by atoms with Crippen molar-refractivity contribution >= 4 is 0 Å². The van der Waals surface area contributed by atoms with Gasteiger partial charge in [-0.05, 0) is 43.0 Å². The fourth-order valence-electron chi connectivity index (χ4n) is 2.83. The summed E-state index contributed by atoms with van der Waals surface area (Å²) in [6.45, 7) is 14.7. The number of hydrogen-bond acceptors (Lipinski definition) is 2. The Bertz CT molecular complexity index is 381. The second-order valence-corrected chi connectivity index (χ2v) is 6.93. The van der Waals surface area contributed by atoms with Crippen LogP contribution in [-0.4, -0.2) is 31.6 Å². The zero-order valence-corrected chi connectivity index (χ0v) is 14.8. The molecular formula is C19H34N2. The Labute approximate surface area is 131 Å². The summed E-state index contributed by atoms with van der Waals surface area (Å²) >= 11 is 0. The molecule has 1 aromatic rings. The van der Waals surface area contributed by atoms with E-state index >= 15 is 0 Å². The zero-order valence-electron chi connectivity index (χ0n) is 14.8. The maximum Gasteiger partial charge on any atom is 0.0446 e. The summed E-state index contributed by atoms with van der Waals surface area (Å²) in [5, 5.41) is 3.47. The van der Waals surface area contributed by atoms with E-state index in [2.05, 4.69) is 76.1 Å². The number of nitrogens with zero attached hydrogens (tertiary/aromatic N) is 1. The molecule has 2 heteroatoms.